The minimum absolute atomic E-state index is 0.415. The molecule has 0 saturated carbocycles. The number of anilines is 2. The molecule has 1 aromatic rings. The number of hydrogen-bond acceptors (Lipinski definition) is 5. The molecule has 0 spiro atoms. The summed E-state index contributed by atoms with van der Waals surface area (Å²) in [5.41, 5.74) is 2.22. The lowest BCUT2D eigenvalue weighted by Crippen LogP contribution is -2.26. The van der Waals surface area contributed by atoms with E-state index in [2.05, 4.69) is 17.0 Å². The minimum atomic E-state index is 0.415. The van der Waals surface area contributed by atoms with Crippen molar-refractivity contribution < 1.29 is 14.3 Å². The van der Waals surface area contributed by atoms with Gasteiger partial charge in [-0.2, -0.15) is 0 Å². The molecule has 0 amide bonds. The van der Waals surface area contributed by atoms with Gasteiger partial charge in [0.2, 0.25) is 0 Å². The zero-order valence-corrected chi connectivity index (χ0v) is 12.9. The first-order chi connectivity index (χ1) is 10.2. The van der Waals surface area contributed by atoms with E-state index in [0.29, 0.717) is 13.0 Å². The van der Waals surface area contributed by atoms with E-state index in [0.717, 1.165) is 50.4 Å². The van der Waals surface area contributed by atoms with Gasteiger partial charge < -0.3 is 24.1 Å². The van der Waals surface area contributed by atoms with Crippen LogP contribution < -0.4 is 14.5 Å². The lowest BCUT2D eigenvalue weighted by molar-refractivity contribution is -0.108. The van der Waals surface area contributed by atoms with Gasteiger partial charge in [0.15, 0.2) is 0 Å². The Balaban J connectivity index is 2.16. The molecular formula is C16H24N2O3. The average Bonchev–Trinajstić information content (AvgIpc) is 2.76. The maximum atomic E-state index is 10.4. The van der Waals surface area contributed by atoms with Crippen molar-refractivity contribution in [2.75, 3.05) is 56.8 Å². The molecular weight excluding hydrogens is 268 g/mol. The Labute approximate surface area is 126 Å². The van der Waals surface area contributed by atoms with Crippen molar-refractivity contribution in [1.29, 1.82) is 0 Å². The Morgan fingerprint density at radius 3 is 2.95 bits per heavy atom. The van der Waals surface area contributed by atoms with E-state index < -0.39 is 0 Å². The summed E-state index contributed by atoms with van der Waals surface area (Å²) in [5.74, 6) is 0.816. The third kappa shape index (κ3) is 4.36. The summed E-state index contributed by atoms with van der Waals surface area (Å²) >= 11 is 0. The third-order valence-corrected chi connectivity index (χ3v) is 3.50. The van der Waals surface area contributed by atoms with Crippen LogP contribution in [0.2, 0.25) is 0 Å². The van der Waals surface area contributed by atoms with Crippen molar-refractivity contribution in [3.63, 3.8) is 0 Å². The fourth-order valence-corrected chi connectivity index (χ4v) is 2.40. The van der Waals surface area contributed by atoms with Crippen LogP contribution in [0.3, 0.4) is 0 Å². The van der Waals surface area contributed by atoms with Crippen molar-refractivity contribution in [3.05, 3.63) is 18.2 Å². The number of carbonyl (C=O) groups excluding carboxylic acids is 1. The van der Waals surface area contributed by atoms with E-state index in [1.165, 1.54) is 5.69 Å². The van der Waals surface area contributed by atoms with Crippen LogP contribution in [-0.4, -0.2) is 53.3 Å². The van der Waals surface area contributed by atoms with Crippen molar-refractivity contribution in [3.8, 4) is 5.75 Å². The largest absolute Gasteiger partial charge is 0.491 e. The molecule has 21 heavy (non-hydrogen) atoms. The molecule has 0 unspecified atom stereocenters. The highest BCUT2D eigenvalue weighted by Gasteiger charge is 2.13. The highest BCUT2D eigenvalue weighted by atomic mass is 16.5. The first-order valence-corrected chi connectivity index (χ1v) is 7.43. The number of carbonyl (C=O) groups is 1. The molecule has 116 valence electrons. The second-order valence-corrected chi connectivity index (χ2v) is 5.30. The highest BCUT2D eigenvalue weighted by molar-refractivity contribution is 5.66. The van der Waals surface area contributed by atoms with Gasteiger partial charge in [0.05, 0.1) is 18.9 Å². The van der Waals surface area contributed by atoms with Gasteiger partial charge >= 0.3 is 0 Å². The van der Waals surface area contributed by atoms with Crippen molar-refractivity contribution in [2.45, 2.75) is 12.8 Å². The average molecular weight is 292 g/mol. The molecule has 1 fully saturated rings. The molecule has 1 aromatic carbocycles. The first kappa shape index (κ1) is 15.6. The second-order valence-electron chi connectivity index (χ2n) is 5.30. The van der Waals surface area contributed by atoms with Gasteiger partial charge in [0, 0.05) is 45.9 Å². The molecule has 0 atom stereocenters. The van der Waals surface area contributed by atoms with E-state index in [4.69, 9.17) is 9.47 Å². The predicted octanol–water partition coefficient (Wildman–Crippen LogP) is 1.95. The summed E-state index contributed by atoms with van der Waals surface area (Å²) in [5, 5.41) is 0. The summed E-state index contributed by atoms with van der Waals surface area (Å²) in [6, 6.07) is 6.21. The molecule has 1 aliphatic heterocycles. The van der Waals surface area contributed by atoms with Crippen LogP contribution in [0.25, 0.3) is 0 Å². The SMILES string of the molecule is CN(C)c1cc(N2CCCOCC2)ccc1OCCC=O. The summed E-state index contributed by atoms with van der Waals surface area (Å²) in [7, 11) is 3.99. The number of rotatable bonds is 6. The molecule has 2 rings (SSSR count). The monoisotopic (exact) mass is 292 g/mol. The van der Waals surface area contributed by atoms with Crippen LogP contribution in [0.1, 0.15) is 12.8 Å². The molecule has 0 bridgehead atoms. The molecule has 0 aromatic heterocycles. The molecule has 1 heterocycles. The molecule has 0 N–H and O–H groups in total. The number of nitrogens with zero attached hydrogens (tertiary/aromatic N) is 2. The standard InChI is InChI=1S/C16H24N2O3/c1-17(2)15-13-14(18-7-3-10-20-12-8-18)5-6-16(15)21-11-4-9-19/h5-6,9,13H,3-4,7-8,10-12H2,1-2H3. The smallest absolute Gasteiger partial charge is 0.142 e. The number of ether oxygens (including phenoxy) is 2. The fourth-order valence-electron chi connectivity index (χ4n) is 2.40. The lowest BCUT2D eigenvalue weighted by atomic mass is 10.2. The zero-order valence-electron chi connectivity index (χ0n) is 12.9. The van der Waals surface area contributed by atoms with Crippen molar-refractivity contribution in [1.82, 2.24) is 0 Å². The van der Waals surface area contributed by atoms with Crippen LogP contribution in [-0.2, 0) is 9.53 Å². The van der Waals surface area contributed by atoms with E-state index in [9.17, 15) is 4.79 Å². The van der Waals surface area contributed by atoms with Gasteiger partial charge in [0.25, 0.3) is 0 Å². The Hall–Kier alpha value is -1.75. The fraction of sp³-hybridized carbons (Fsp3) is 0.562. The van der Waals surface area contributed by atoms with E-state index in [-0.39, 0.29) is 0 Å². The van der Waals surface area contributed by atoms with Crippen LogP contribution in [0, 0.1) is 0 Å². The lowest BCUT2D eigenvalue weighted by Gasteiger charge is -2.25. The Kier molecular flexibility index (Phi) is 5.87. The number of aldehydes is 1. The normalized spacial score (nSPS) is 15.4. The van der Waals surface area contributed by atoms with Gasteiger partial charge in [-0.25, -0.2) is 0 Å². The van der Waals surface area contributed by atoms with Crippen LogP contribution in [0.15, 0.2) is 18.2 Å². The molecule has 0 aliphatic carbocycles. The topological polar surface area (TPSA) is 42.0 Å². The number of hydrogen-bond donors (Lipinski definition) is 0. The van der Waals surface area contributed by atoms with Gasteiger partial charge in [-0.15, -0.1) is 0 Å². The molecule has 5 heteroatoms. The summed E-state index contributed by atoms with van der Waals surface area (Å²) in [4.78, 5) is 14.8. The molecule has 5 nitrogen and oxygen atoms in total. The summed E-state index contributed by atoms with van der Waals surface area (Å²) in [6.07, 6.45) is 2.34. The zero-order chi connectivity index (χ0) is 15.1. The van der Waals surface area contributed by atoms with Gasteiger partial charge in [-0.05, 0) is 24.6 Å². The van der Waals surface area contributed by atoms with E-state index in [1.54, 1.807) is 0 Å². The summed E-state index contributed by atoms with van der Waals surface area (Å²) in [6.45, 7) is 3.95. The summed E-state index contributed by atoms with van der Waals surface area (Å²) < 4.78 is 11.2. The van der Waals surface area contributed by atoms with Gasteiger partial charge in [-0.3, -0.25) is 0 Å². The Morgan fingerprint density at radius 1 is 1.33 bits per heavy atom. The minimum Gasteiger partial charge on any atom is -0.491 e. The van der Waals surface area contributed by atoms with Gasteiger partial charge in [0.1, 0.15) is 12.0 Å². The van der Waals surface area contributed by atoms with E-state index >= 15 is 0 Å². The third-order valence-electron chi connectivity index (χ3n) is 3.50. The predicted molar refractivity (Wildman–Crippen MR) is 84.6 cm³/mol. The van der Waals surface area contributed by atoms with Crippen LogP contribution in [0.4, 0.5) is 11.4 Å². The van der Waals surface area contributed by atoms with Crippen molar-refractivity contribution >= 4 is 17.7 Å². The number of benzene rings is 1. The quantitative estimate of drug-likeness (QED) is 0.592. The molecule has 0 radical (unpaired) electrons. The van der Waals surface area contributed by atoms with Gasteiger partial charge in [-0.1, -0.05) is 0 Å². The van der Waals surface area contributed by atoms with Crippen molar-refractivity contribution in [2.24, 2.45) is 0 Å². The Morgan fingerprint density at radius 2 is 2.19 bits per heavy atom. The maximum absolute atomic E-state index is 10.4. The second kappa shape index (κ2) is 7.88. The molecule has 1 aliphatic rings. The Bertz CT molecular complexity index is 455. The molecule has 1 saturated heterocycles. The van der Waals surface area contributed by atoms with Crippen LogP contribution >= 0.6 is 0 Å². The first-order valence-electron chi connectivity index (χ1n) is 7.43. The highest BCUT2D eigenvalue weighted by Crippen LogP contribution is 2.32. The maximum Gasteiger partial charge on any atom is 0.142 e. The van der Waals surface area contributed by atoms with Crippen LogP contribution in [0.5, 0.6) is 5.75 Å². The van der Waals surface area contributed by atoms with E-state index in [1.807, 2.05) is 25.1 Å².